The van der Waals surface area contributed by atoms with E-state index in [1.54, 1.807) is 11.1 Å². The van der Waals surface area contributed by atoms with Crippen molar-refractivity contribution in [2.24, 2.45) is 0 Å². The molecule has 1 fully saturated rings. The molecule has 2 aliphatic carbocycles. The lowest BCUT2D eigenvalue weighted by molar-refractivity contribution is 0.378. The van der Waals surface area contributed by atoms with Gasteiger partial charge in [-0.25, -0.2) is 0 Å². The van der Waals surface area contributed by atoms with Crippen LogP contribution in [0.15, 0.2) is 42.0 Å². The van der Waals surface area contributed by atoms with Crippen molar-refractivity contribution in [1.82, 2.24) is 0 Å². The fourth-order valence-corrected chi connectivity index (χ4v) is 3.45. The van der Waals surface area contributed by atoms with Crippen molar-refractivity contribution in [2.45, 2.75) is 50.4 Å². The lowest BCUT2D eigenvalue weighted by atomic mass is 9.72. The van der Waals surface area contributed by atoms with E-state index in [9.17, 15) is 0 Å². The first-order valence-electron chi connectivity index (χ1n) is 6.63. The van der Waals surface area contributed by atoms with E-state index in [1.807, 2.05) is 0 Å². The standard InChI is InChI=1S/C16H20/c1-4-8-15(9-5-1)16-11-6-2-3-7-14(13-16)10-12-16/h1,4-5,8-10H,2-3,6-7,11-13H2. The number of benzene rings is 1. The minimum Gasteiger partial charge on any atom is -0.0844 e. The van der Waals surface area contributed by atoms with E-state index in [2.05, 4.69) is 36.4 Å². The normalized spacial score (nSPS) is 29.4. The molecule has 1 aromatic rings. The summed E-state index contributed by atoms with van der Waals surface area (Å²) < 4.78 is 0. The second-order valence-corrected chi connectivity index (χ2v) is 5.45. The zero-order valence-electron chi connectivity index (χ0n) is 9.91. The van der Waals surface area contributed by atoms with Gasteiger partial charge in [0.2, 0.25) is 0 Å². The molecule has 1 saturated carbocycles. The fraction of sp³-hybridized carbons (Fsp3) is 0.500. The smallest absolute Gasteiger partial charge is 0.00246 e. The molecule has 0 spiro atoms. The maximum absolute atomic E-state index is 2.53. The van der Waals surface area contributed by atoms with Crippen LogP contribution in [0.2, 0.25) is 0 Å². The van der Waals surface area contributed by atoms with E-state index < -0.39 is 0 Å². The molecule has 0 aliphatic heterocycles. The van der Waals surface area contributed by atoms with Crippen molar-refractivity contribution in [2.75, 3.05) is 0 Å². The molecule has 2 bridgehead atoms. The highest BCUT2D eigenvalue weighted by Gasteiger charge is 2.36. The molecule has 0 amide bonds. The zero-order valence-corrected chi connectivity index (χ0v) is 9.91. The summed E-state index contributed by atoms with van der Waals surface area (Å²) in [5, 5.41) is 0. The van der Waals surface area contributed by atoms with Crippen LogP contribution in [0.4, 0.5) is 0 Å². The van der Waals surface area contributed by atoms with Crippen molar-refractivity contribution in [1.29, 1.82) is 0 Å². The van der Waals surface area contributed by atoms with Crippen molar-refractivity contribution >= 4 is 0 Å². The van der Waals surface area contributed by atoms with Gasteiger partial charge in [-0.1, -0.05) is 54.8 Å². The minimum absolute atomic E-state index is 0.469. The molecule has 84 valence electrons. The van der Waals surface area contributed by atoms with Gasteiger partial charge < -0.3 is 0 Å². The average Bonchev–Trinajstić information content (AvgIpc) is 2.74. The second kappa shape index (κ2) is 4.08. The van der Waals surface area contributed by atoms with Crippen LogP contribution in [0.5, 0.6) is 0 Å². The lowest BCUT2D eigenvalue weighted by Gasteiger charge is -2.32. The van der Waals surface area contributed by atoms with Gasteiger partial charge >= 0.3 is 0 Å². The van der Waals surface area contributed by atoms with Crippen LogP contribution in [-0.4, -0.2) is 0 Å². The topological polar surface area (TPSA) is 0 Å². The highest BCUT2D eigenvalue weighted by atomic mass is 14.4. The quantitative estimate of drug-likeness (QED) is 0.596. The number of hydrogen-bond donors (Lipinski definition) is 0. The van der Waals surface area contributed by atoms with Gasteiger partial charge in [0.1, 0.15) is 0 Å². The summed E-state index contributed by atoms with van der Waals surface area (Å²) in [4.78, 5) is 0. The predicted octanol–water partition coefficient (Wildman–Crippen LogP) is 4.61. The molecule has 0 nitrogen and oxygen atoms in total. The molecule has 2 aliphatic rings. The molecular formula is C16H20. The minimum atomic E-state index is 0.469. The Morgan fingerprint density at radius 3 is 2.69 bits per heavy atom. The Morgan fingerprint density at radius 2 is 1.81 bits per heavy atom. The van der Waals surface area contributed by atoms with Gasteiger partial charge in [0, 0.05) is 5.41 Å². The molecule has 3 rings (SSSR count). The van der Waals surface area contributed by atoms with E-state index in [-0.39, 0.29) is 0 Å². The van der Waals surface area contributed by atoms with Crippen LogP contribution >= 0.6 is 0 Å². The maximum atomic E-state index is 2.53. The van der Waals surface area contributed by atoms with Crippen LogP contribution in [0.3, 0.4) is 0 Å². The largest absolute Gasteiger partial charge is 0.0844 e. The second-order valence-electron chi connectivity index (χ2n) is 5.45. The Labute approximate surface area is 98.4 Å². The summed E-state index contributed by atoms with van der Waals surface area (Å²) in [7, 11) is 0. The Bertz CT molecular complexity index is 388. The molecule has 1 aromatic carbocycles. The summed E-state index contributed by atoms with van der Waals surface area (Å²) in [6.45, 7) is 0. The third-order valence-electron chi connectivity index (χ3n) is 4.39. The molecule has 0 aromatic heterocycles. The maximum Gasteiger partial charge on any atom is 0.00246 e. The highest BCUT2D eigenvalue weighted by Crippen LogP contribution is 2.47. The summed E-state index contributed by atoms with van der Waals surface area (Å²) >= 11 is 0. The zero-order chi connectivity index (χ0) is 10.8. The number of fused-ring (bicyclic) bond motifs is 2. The van der Waals surface area contributed by atoms with Gasteiger partial charge in [0.05, 0.1) is 0 Å². The summed E-state index contributed by atoms with van der Waals surface area (Å²) in [5.74, 6) is 0. The molecule has 0 saturated heterocycles. The van der Waals surface area contributed by atoms with Gasteiger partial charge in [-0.2, -0.15) is 0 Å². The van der Waals surface area contributed by atoms with Gasteiger partial charge in [-0.05, 0) is 37.7 Å². The Kier molecular flexibility index (Phi) is 2.59. The van der Waals surface area contributed by atoms with Crippen LogP contribution in [0.25, 0.3) is 0 Å². The molecule has 0 N–H and O–H groups in total. The van der Waals surface area contributed by atoms with Gasteiger partial charge in [0.25, 0.3) is 0 Å². The van der Waals surface area contributed by atoms with E-state index in [1.165, 1.54) is 44.9 Å². The third kappa shape index (κ3) is 1.71. The summed E-state index contributed by atoms with van der Waals surface area (Å²) in [6.07, 6.45) is 12.1. The average molecular weight is 212 g/mol. The molecular weight excluding hydrogens is 192 g/mol. The summed E-state index contributed by atoms with van der Waals surface area (Å²) in [6, 6.07) is 11.2. The molecule has 16 heavy (non-hydrogen) atoms. The van der Waals surface area contributed by atoms with Crippen molar-refractivity contribution in [3.05, 3.63) is 47.5 Å². The van der Waals surface area contributed by atoms with Crippen LogP contribution < -0.4 is 0 Å². The first-order chi connectivity index (χ1) is 7.89. The van der Waals surface area contributed by atoms with Gasteiger partial charge in [-0.3, -0.25) is 0 Å². The first kappa shape index (κ1) is 10.1. The number of rotatable bonds is 1. The molecule has 1 atom stereocenters. The highest BCUT2D eigenvalue weighted by molar-refractivity contribution is 5.33. The lowest BCUT2D eigenvalue weighted by Crippen LogP contribution is -2.23. The van der Waals surface area contributed by atoms with E-state index >= 15 is 0 Å². The van der Waals surface area contributed by atoms with Crippen LogP contribution in [0, 0.1) is 0 Å². The molecule has 0 radical (unpaired) electrons. The van der Waals surface area contributed by atoms with Crippen molar-refractivity contribution in [3.8, 4) is 0 Å². The molecule has 1 unspecified atom stereocenters. The van der Waals surface area contributed by atoms with Crippen LogP contribution in [-0.2, 0) is 5.41 Å². The Balaban J connectivity index is 1.93. The van der Waals surface area contributed by atoms with Gasteiger partial charge in [0.15, 0.2) is 0 Å². The predicted molar refractivity (Wildman–Crippen MR) is 68.5 cm³/mol. The fourth-order valence-electron chi connectivity index (χ4n) is 3.45. The number of allylic oxidation sites excluding steroid dienone is 2. The van der Waals surface area contributed by atoms with Gasteiger partial charge in [-0.15, -0.1) is 0 Å². The molecule has 0 heteroatoms. The SMILES string of the molecule is C1=C2CCCCCC(c3ccccc3)(C1)C2. The molecule has 0 heterocycles. The summed E-state index contributed by atoms with van der Waals surface area (Å²) in [5.41, 5.74) is 3.77. The third-order valence-corrected chi connectivity index (χ3v) is 4.39. The van der Waals surface area contributed by atoms with Crippen molar-refractivity contribution < 1.29 is 0 Å². The monoisotopic (exact) mass is 212 g/mol. The Hall–Kier alpha value is -1.04. The van der Waals surface area contributed by atoms with E-state index in [0.717, 1.165) is 0 Å². The van der Waals surface area contributed by atoms with Crippen molar-refractivity contribution in [3.63, 3.8) is 0 Å². The van der Waals surface area contributed by atoms with E-state index in [0.29, 0.717) is 5.41 Å². The van der Waals surface area contributed by atoms with E-state index in [4.69, 9.17) is 0 Å². The first-order valence-corrected chi connectivity index (χ1v) is 6.63. The number of hydrogen-bond acceptors (Lipinski definition) is 0. The Morgan fingerprint density at radius 1 is 0.938 bits per heavy atom. The van der Waals surface area contributed by atoms with Crippen LogP contribution in [0.1, 0.15) is 50.5 Å².